The van der Waals surface area contributed by atoms with Gasteiger partial charge in [0.15, 0.2) is 0 Å². The summed E-state index contributed by atoms with van der Waals surface area (Å²) in [4.78, 5) is 4.71. The van der Waals surface area contributed by atoms with Crippen molar-refractivity contribution in [1.29, 1.82) is 0 Å². The molecular weight excluding hydrogens is 278 g/mol. The van der Waals surface area contributed by atoms with Crippen molar-refractivity contribution in [3.8, 4) is 0 Å². The van der Waals surface area contributed by atoms with Gasteiger partial charge in [-0.25, -0.2) is 0 Å². The van der Waals surface area contributed by atoms with Gasteiger partial charge in [-0.3, -0.25) is 4.98 Å². The molecule has 0 bridgehead atoms. The van der Waals surface area contributed by atoms with Gasteiger partial charge in [-0.1, -0.05) is 48.6 Å². The van der Waals surface area contributed by atoms with Crippen molar-refractivity contribution in [3.05, 3.63) is 72.6 Å². The fourth-order valence-corrected chi connectivity index (χ4v) is 2.45. The Morgan fingerprint density at radius 3 is 2.67 bits per heavy atom. The number of nitrogens with zero attached hydrogens (tertiary/aromatic N) is 1. The van der Waals surface area contributed by atoms with Crippen LogP contribution in [0.5, 0.6) is 0 Å². The number of hydrogen-bond acceptors (Lipinski definition) is 3. The van der Waals surface area contributed by atoms with Crippen molar-refractivity contribution in [2.75, 3.05) is 5.32 Å². The van der Waals surface area contributed by atoms with Crippen molar-refractivity contribution >= 4 is 33.7 Å². The van der Waals surface area contributed by atoms with E-state index in [9.17, 15) is 0 Å². The van der Waals surface area contributed by atoms with E-state index in [2.05, 4.69) is 10.3 Å². The van der Waals surface area contributed by atoms with E-state index in [4.69, 9.17) is 18.0 Å². The largest absolute Gasteiger partial charge is 0.348 e. The second-order valence-electron chi connectivity index (χ2n) is 4.82. The number of thiocarbonyl (C=S) groups is 1. The predicted molar refractivity (Wildman–Crippen MR) is 91.3 cm³/mol. The molecule has 0 amide bonds. The van der Waals surface area contributed by atoms with Gasteiger partial charge in [0.1, 0.15) is 4.99 Å². The molecule has 1 heterocycles. The van der Waals surface area contributed by atoms with Crippen LogP contribution in [0.2, 0.25) is 0 Å². The molecule has 104 valence electrons. The van der Waals surface area contributed by atoms with Gasteiger partial charge in [0.25, 0.3) is 0 Å². The lowest BCUT2D eigenvalue weighted by atomic mass is 10.1. The lowest BCUT2D eigenvalue weighted by Crippen LogP contribution is -2.25. The van der Waals surface area contributed by atoms with Crippen molar-refractivity contribution in [3.63, 3.8) is 0 Å². The molecule has 0 aliphatic rings. The first-order valence-electron chi connectivity index (χ1n) is 6.69. The van der Waals surface area contributed by atoms with Gasteiger partial charge in [0, 0.05) is 23.5 Å². The molecule has 0 aliphatic carbocycles. The molecule has 0 fully saturated rings. The minimum atomic E-state index is -0.311. The monoisotopic (exact) mass is 293 g/mol. The number of anilines is 1. The molecule has 3 N–H and O–H groups in total. The van der Waals surface area contributed by atoms with E-state index in [1.54, 1.807) is 6.20 Å². The van der Waals surface area contributed by atoms with Crippen LogP contribution in [0.15, 0.2) is 67.0 Å². The maximum Gasteiger partial charge on any atom is 0.101 e. The minimum absolute atomic E-state index is 0.311. The molecule has 0 aliphatic heterocycles. The zero-order valence-electron chi connectivity index (χ0n) is 11.4. The van der Waals surface area contributed by atoms with Crippen LogP contribution in [0.4, 0.5) is 5.69 Å². The Kier molecular flexibility index (Phi) is 3.90. The number of pyridine rings is 1. The average Bonchev–Trinajstić information content (AvgIpc) is 2.55. The molecule has 3 aromatic rings. The molecule has 0 radical (unpaired) electrons. The third kappa shape index (κ3) is 3.07. The topological polar surface area (TPSA) is 50.9 Å². The van der Waals surface area contributed by atoms with Crippen LogP contribution < -0.4 is 11.1 Å². The third-order valence-corrected chi connectivity index (χ3v) is 3.71. The second kappa shape index (κ2) is 5.99. The molecule has 0 saturated carbocycles. The first kappa shape index (κ1) is 13.7. The lowest BCUT2D eigenvalue weighted by Gasteiger charge is -2.15. The normalized spacial score (nSPS) is 12.0. The lowest BCUT2D eigenvalue weighted by molar-refractivity contribution is 0.974. The first-order chi connectivity index (χ1) is 10.2. The first-order valence-corrected chi connectivity index (χ1v) is 7.10. The maximum absolute atomic E-state index is 6.19. The molecular formula is C17H15N3S. The molecule has 2 aromatic carbocycles. The smallest absolute Gasteiger partial charge is 0.101 e. The highest BCUT2D eigenvalue weighted by atomic mass is 32.1. The Bertz CT molecular complexity index is 771. The quantitative estimate of drug-likeness (QED) is 0.723. The predicted octanol–water partition coefficient (Wildman–Crippen LogP) is 3.67. The van der Waals surface area contributed by atoms with Gasteiger partial charge in [-0.05, 0) is 29.1 Å². The van der Waals surface area contributed by atoms with Gasteiger partial charge in [-0.2, -0.15) is 0 Å². The second-order valence-corrected chi connectivity index (χ2v) is 5.26. The summed E-state index contributed by atoms with van der Waals surface area (Å²) in [7, 11) is 0. The van der Waals surface area contributed by atoms with E-state index in [-0.39, 0.29) is 6.04 Å². The van der Waals surface area contributed by atoms with Crippen molar-refractivity contribution in [1.82, 2.24) is 4.98 Å². The van der Waals surface area contributed by atoms with Crippen LogP contribution in [0, 0.1) is 0 Å². The summed E-state index contributed by atoms with van der Waals surface area (Å²) in [5.41, 5.74) is 8.12. The van der Waals surface area contributed by atoms with Crippen LogP contribution in [-0.4, -0.2) is 9.97 Å². The summed E-state index contributed by atoms with van der Waals surface area (Å²) < 4.78 is 0. The molecule has 3 rings (SSSR count). The van der Waals surface area contributed by atoms with E-state index in [1.807, 2.05) is 60.8 Å². The summed E-state index contributed by atoms with van der Waals surface area (Å²) in [6, 6.07) is 17.5. The molecule has 3 nitrogen and oxygen atoms in total. The summed E-state index contributed by atoms with van der Waals surface area (Å²) in [6.07, 6.45) is 3.62. The summed E-state index contributed by atoms with van der Waals surface area (Å²) in [6.45, 7) is 0. The van der Waals surface area contributed by atoms with Crippen molar-refractivity contribution < 1.29 is 0 Å². The SMILES string of the molecule is N[C@@H](C(=S)Nc1ccc2cnccc2c1)c1ccccc1. The number of hydrogen-bond donors (Lipinski definition) is 2. The third-order valence-electron chi connectivity index (χ3n) is 3.35. The molecule has 21 heavy (non-hydrogen) atoms. The fourth-order valence-electron chi connectivity index (χ4n) is 2.19. The average molecular weight is 293 g/mol. The Morgan fingerprint density at radius 2 is 1.86 bits per heavy atom. The number of aromatic nitrogens is 1. The highest BCUT2D eigenvalue weighted by Gasteiger charge is 2.11. The number of rotatable bonds is 3. The fraction of sp³-hybridized carbons (Fsp3) is 0.0588. The van der Waals surface area contributed by atoms with E-state index in [1.165, 1.54) is 0 Å². The van der Waals surface area contributed by atoms with Crippen LogP contribution >= 0.6 is 12.2 Å². The van der Waals surface area contributed by atoms with E-state index in [0.717, 1.165) is 22.0 Å². The molecule has 0 unspecified atom stereocenters. The van der Waals surface area contributed by atoms with Gasteiger partial charge in [-0.15, -0.1) is 0 Å². The minimum Gasteiger partial charge on any atom is -0.348 e. The Morgan fingerprint density at radius 1 is 1.05 bits per heavy atom. The van der Waals surface area contributed by atoms with Crippen LogP contribution in [0.1, 0.15) is 11.6 Å². The zero-order chi connectivity index (χ0) is 14.7. The summed E-state index contributed by atoms with van der Waals surface area (Å²) >= 11 is 5.41. The van der Waals surface area contributed by atoms with Gasteiger partial charge < -0.3 is 11.1 Å². The number of benzene rings is 2. The standard InChI is InChI=1S/C17H15N3S/c18-16(12-4-2-1-3-5-12)17(21)20-15-7-6-14-11-19-9-8-13(14)10-15/h1-11,16H,18H2,(H,20,21)/t16-/m1/s1. The maximum atomic E-state index is 6.19. The molecule has 4 heteroatoms. The molecule has 1 atom stereocenters. The Labute approximate surface area is 128 Å². The van der Waals surface area contributed by atoms with E-state index in [0.29, 0.717) is 4.99 Å². The molecule has 1 aromatic heterocycles. The van der Waals surface area contributed by atoms with Crippen molar-refractivity contribution in [2.24, 2.45) is 5.73 Å². The Hall–Kier alpha value is -2.30. The highest BCUT2D eigenvalue weighted by Crippen LogP contribution is 2.20. The van der Waals surface area contributed by atoms with Crippen molar-refractivity contribution in [2.45, 2.75) is 6.04 Å². The van der Waals surface area contributed by atoms with Gasteiger partial charge >= 0.3 is 0 Å². The molecule has 0 saturated heterocycles. The Balaban J connectivity index is 1.80. The number of fused-ring (bicyclic) bond motifs is 1. The van der Waals surface area contributed by atoms with Gasteiger partial charge in [0.05, 0.1) is 6.04 Å². The van der Waals surface area contributed by atoms with Crippen LogP contribution in [-0.2, 0) is 0 Å². The summed E-state index contributed by atoms with van der Waals surface area (Å²) in [5, 5.41) is 5.43. The van der Waals surface area contributed by atoms with E-state index < -0.39 is 0 Å². The highest BCUT2D eigenvalue weighted by molar-refractivity contribution is 7.80. The molecule has 0 spiro atoms. The van der Waals surface area contributed by atoms with Crippen LogP contribution in [0.25, 0.3) is 10.8 Å². The van der Waals surface area contributed by atoms with Gasteiger partial charge in [0.2, 0.25) is 0 Å². The summed E-state index contributed by atoms with van der Waals surface area (Å²) in [5.74, 6) is 0. The van der Waals surface area contributed by atoms with Crippen LogP contribution in [0.3, 0.4) is 0 Å². The van der Waals surface area contributed by atoms with E-state index >= 15 is 0 Å². The number of nitrogens with two attached hydrogens (primary N) is 1. The zero-order valence-corrected chi connectivity index (χ0v) is 12.2. The number of nitrogens with one attached hydrogen (secondary N) is 1.